The van der Waals surface area contributed by atoms with Gasteiger partial charge in [0.25, 0.3) is 5.91 Å². The van der Waals surface area contributed by atoms with Crippen LogP contribution in [0.3, 0.4) is 0 Å². The summed E-state index contributed by atoms with van der Waals surface area (Å²) in [5, 5.41) is 8.96. The summed E-state index contributed by atoms with van der Waals surface area (Å²) in [7, 11) is 0. The molecule has 4 heteroatoms. The summed E-state index contributed by atoms with van der Waals surface area (Å²) in [6, 6.07) is 7.89. The second-order valence-electron chi connectivity index (χ2n) is 3.96. The number of nitrogens with zero attached hydrogens (tertiary/aromatic N) is 1. The minimum Gasteiger partial charge on any atom is -0.395 e. The maximum absolute atomic E-state index is 12.1. The van der Waals surface area contributed by atoms with Gasteiger partial charge >= 0.3 is 0 Å². The van der Waals surface area contributed by atoms with Gasteiger partial charge in [-0.25, -0.2) is 0 Å². The third kappa shape index (κ3) is 2.74. The molecule has 0 saturated heterocycles. The Hall–Kier alpha value is -0.620. The van der Waals surface area contributed by atoms with E-state index in [1.807, 2.05) is 24.3 Å². The minimum absolute atomic E-state index is 0.0343. The Morgan fingerprint density at radius 2 is 2.00 bits per heavy atom. The summed E-state index contributed by atoms with van der Waals surface area (Å²) >= 11 is 2.21. The third-order valence-electron chi connectivity index (χ3n) is 2.68. The van der Waals surface area contributed by atoms with Crippen molar-refractivity contribution in [3.05, 3.63) is 33.4 Å². The molecule has 1 aromatic rings. The van der Waals surface area contributed by atoms with Crippen LogP contribution in [0.4, 0.5) is 0 Å². The monoisotopic (exact) mass is 331 g/mol. The van der Waals surface area contributed by atoms with Crippen LogP contribution < -0.4 is 0 Å². The predicted octanol–water partition coefficient (Wildman–Crippen LogP) is 1.89. The number of benzene rings is 1. The number of aliphatic hydroxyl groups is 1. The van der Waals surface area contributed by atoms with Gasteiger partial charge < -0.3 is 10.0 Å². The quantitative estimate of drug-likeness (QED) is 0.856. The van der Waals surface area contributed by atoms with Crippen LogP contribution >= 0.6 is 22.6 Å². The lowest BCUT2D eigenvalue weighted by molar-refractivity contribution is 0.0707. The zero-order chi connectivity index (χ0) is 11.5. The number of hydrogen-bond acceptors (Lipinski definition) is 2. The van der Waals surface area contributed by atoms with Crippen LogP contribution in [0.1, 0.15) is 23.2 Å². The van der Waals surface area contributed by atoms with E-state index in [4.69, 9.17) is 5.11 Å². The average Bonchev–Trinajstić information content (AvgIpc) is 3.10. The fourth-order valence-corrected chi connectivity index (χ4v) is 2.06. The van der Waals surface area contributed by atoms with Crippen molar-refractivity contribution in [1.82, 2.24) is 4.90 Å². The van der Waals surface area contributed by atoms with Crippen molar-refractivity contribution in [2.24, 2.45) is 0 Å². The van der Waals surface area contributed by atoms with Crippen LogP contribution in [0.25, 0.3) is 0 Å². The molecule has 0 spiro atoms. The molecule has 0 radical (unpaired) electrons. The lowest BCUT2D eigenvalue weighted by atomic mass is 10.2. The zero-order valence-corrected chi connectivity index (χ0v) is 11.1. The first-order chi connectivity index (χ1) is 7.72. The largest absolute Gasteiger partial charge is 0.395 e. The molecule has 1 N–H and O–H groups in total. The topological polar surface area (TPSA) is 40.5 Å². The van der Waals surface area contributed by atoms with Crippen molar-refractivity contribution < 1.29 is 9.90 Å². The molecule has 86 valence electrons. The maximum atomic E-state index is 12.1. The number of halogens is 1. The molecule has 1 saturated carbocycles. The van der Waals surface area contributed by atoms with Gasteiger partial charge in [-0.2, -0.15) is 0 Å². The highest BCUT2D eigenvalue weighted by molar-refractivity contribution is 14.1. The Morgan fingerprint density at radius 3 is 2.50 bits per heavy atom. The van der Waals surface area contributed by atoms with Gasteiger partial charge in [-0.1, -0.05) is 0 Å². The van der Waals surface area contributed by atoms with Crippen LogP contribution in [-0.4, -0.2) is 35.1 Å². The van der Waals surface area contributed by atoms with Crippen LogP contribution in [0.15, 0.2) is 24.3 Å². The molecule has 0 unspecified atom stereocenters. The highest BCUT2D eigenvalue weighted by Gasteiger charge is 2.32. The highest BCUT2D eigenvalue weighted by atomic mass is 127. The van der Waals surface area contributed by atoms with Crippen molar-refractivity contribution in [2.75, 3.05) is 13.2 Å². The van der Waals surface area contributed by atoms with Crippen molar-refractivity contribution in [2.45, 2.75) is 18.9 Å². The Balaban J connectivity index is 2.12. The van der Waals surface area contributed by atoms with Gasteiger partial charge in [0.15, 0.2) is 0 Å². The standard InChI is InChI=1S/C12H14INO2/c13-10-3-1-9(2-4-10)12(16)14(7-8-15)11-5-6-11/h1-4,11,15H,5-8H2. The molecule has 1 aromatic carbocycles. The molecule has 0 bridgehead atoms. The second kappa shape index (κ2) is 5.14. The minimum atomic E-state index is 0.0343. The van der Waals surface area contributed by atoms with E-state index in [1.54, 1.807) is 4.90 Å². The average molecular weight is 331 g/mol. The second-order valence-corrected chi connectivity index (χ2v) is 5.21. The van der Waals surface area contributed by atoms with Crippen LogP contribution in [0, 0.1) is 3.57 Å². The Labute approximate surface area is 109 Å². The number of hydrogen-bond donors (Lipinski definition) is 1. The lowest BCUT2D eigenvalue weighted by Gasteiger charge is -2.21. The first kappa shape index (κ1) is 11.9. The van der Waals surface area contributed by atoms with Gasteiger partial charge in [-0.05, 0) is 59.7 Å². The molecule has 3 nitrogen and oxygen atoms in total. The Morgan fingerprint density at radius 1 is 1.38 bits per heavy atom. The first-order valence-electron chi connectivity index (χ1n) is 5.40. The zero-order valence-electron chi connectivity index (χ0n) is 8.90. The first-order valence-corrected chi connectivity index (χ1v) is 6.47. The van der Waals surface area contributed by atoms with Gasteiger partial charge in [0.05, 0.1) is 6.61 Å². The molecule has 0 aliphatic heterocycles. The molecule has 1 aliphatic carbocycles. The SMILES string of the molecule is O=C(c1ccc(I)cc1)N(CCO)C1CC1. The third-order valence-corrected chi connectivity index (χ3v) is 3.40. The Kier molecular flexibility index (Phi) is 3.81. The number of carbonyl (C=O) groups excluding carboxylic acids is 1. The molecule has 1 amide bonds. The fourth-order valence-electron chi connectivity index (χ4n) is 1.70. The summed E-state index contributed by atoms with van der Waals surface area (Å²) in [5.41, 5.74) is 0.709. The maximum Gasteiger partial charge on any atom is 0.254 e. The van der Waals surface area contributed by atoms with Crippen LogP contribution in [0.2, 0.25) is 0 Å². The van der Waals surface area contributed by atoms with E-state index in [-0.39, 0.29) is 12.5 Å². The summed E-state index contributed by atoms with van der Waals surface area (Å²) in [6.45, 7) is 0.474. The molecule has 2 rings (SSSR count). The van der Waals surface area contributed by atoms with Crippen molar-refractivity contribution in [3.8, 4) is 0 Å². The van der Waals surface area contributed by atoms with E-state index >= 15 is 0 Å². The van der Waals surface area contributed by atoms with Gasteiger partial charge in [-0.15, -0.1) is 0 Å². The highest BCUT2D eigenvalue weighted by Crippen LogP contribution is 2.28. The van der Waals surface area contributed by atoms with Crippen LogP contribution in [0.5, 0.6) is 0 Å². The number of carbonyl (C=O) groups is 1. The lowest BCUT2D eigenvalue weighted by Crippen LogP contribution is -2.35. The van der Waals surface area contributed by atoms with Crippen LogP contribution in [-0.2, 0) is 0 Å². The van der Waals surface area contributed by atoms with Gasteiger partial charge in [0, 0.05) is 21.7 Å². The molecule has 16 heavy (non-hydrogen) atoms. The number of rotatable bonds is 4. The number of amides is 1. The van der Waals surface area contributed by atoms with E-state index in [0.717, 1.165) is 16.4 Å². The van der Waals surface area contributed by atoms with Gasteiger partial charge in [-0.3, -0.25) is 4.79 Å². The summed E-state index contributed by atoms with van der Waals surface area (Å²) in [4.78, 5) is 13.9. The van der Waals surface area contributed by atoms with E-state index in [0.29, 0.717) is 18.2 Å². The van der Waals surface area contributed by atoms with E-state index < -0.39 is 0 Å². The molecule has 1 aliphatic rings. The van der Waals surface area contributed by atoms with Crippen molar-refractivity contribution in [1.29, 1.82) is 0 Å². The summed E-state index contributed by atoms with van der Waals surface area (Å²) in [6.07, 6.45) is 2.13. The molecule has 0 aromatic heterocycles. The van der Waals surface area contributed by atoms with E-state index in [1.165, 1.54) is 0 Å². The van der Waals surface area contributed by atoms with Gasteiger partial charge in [0.2, 0.25) is 0 Å². The molecule has 0 atom stereocenters. The normalized spacial score (nSPS) is 14.9. The van der Waals surface area contributed by atoms with Gasteiger partial charge in [0.1, 0.15) is 0 Å². The molecular weight excluding hydrogens is 317 g/mol. The van der Waals surface area contributed by atoms with Crippen molar-refractivity contribution >= 4 is 28.5 Å². The van der Waals surface area contributed by atoms with E-state index in [2.05, 4.69) is 22.6 Å². The number of aliphatic hydroxyl groups excluding tert-OH is 1. The van der Waals surface area contributed by atoms with Crippen molar-refractivity contribution in [3.63, 3.8) is 0 Å². The predicted molar refractivity (Wildman–Crippen MR) is 70.3 cm³/mol. The summed E-state index contributed by atoms with van der Waals surface area (Å²) < 4.78 is 1.12. The smallest absolute Gasteiger partial charge is 0.254 e. The molecule has 1 fully saturated rings. The summed E-state index contributed by atoms with van der Waals surface area (Å²) in [5.74, 6) is 0.0351. The Bertz CT molecular complexity index is 373. The molecule has 0 heterocycles. The fraction of sp³-hybridized carbons (Fsp3) is 0.417. The van der Waals surface area contributed by atoms with E-state index in [9.17, 15) is 4.79 Å². The molecular formula is C12H14INO2.